The Morgan fingerprint density at radius 1 is 0.967 bits per heavy atom. The molecule has 30 heavy (non-hydrogen) atoms. The maximum absolute atomic E-state index is 11.9. The number of nitrogens with one attached hydrogen (secondary N) is 2. The summed E-state index contributed by atoms with van der Waals surface area (Å²) in [6, 6.07) is 24.5. The first-order valence-electron chi connectivity index (χ1n) is 9.49. The molecule has 1 amide bonds. The molecule has 0 fully saturated rings. The monoisotopic (exact) mass is 400 g/mol. The predicted octanol–water partition coefficient (Wildman–Crippen LogP) is 5.13. The van der Waals surface area contributed by atoms with Crippen LogP contribution in [0.2, 0.25) is 0 Å². The Balaban J connectivity index is 1.60. The zero-order chi connectivity index (χ0) is 20.9. The van der Waals surface area contributed by atoms with Crippen molar-refractivity contribution in [3.8, 4) is 16.9 Å². The lowest BCUT2D eigenvalue weighted by Crippen LogP contribution is -2.23. The Hall–Kier alpha value is -4.13. The van der Waals surface area contributed by atoms with E-state index in [1.807, 2.05) is 54.6 Å². The van der Waals surface area contributed by atoms with Gasteiger partial charge in [0.1, 0.15) is 5.75 Å². The van der Waals surface area contributed by atoms with E-state index in [2.05, 4.69) is 10.3 Å². The average molecular weight is 400 g/mol. The third kappa shape index (κ3) is 4.00. The molecular weight excluding hydrogens is 380 g/mol. The smallest absolute Gasteiger partial charge is 0.413 e. The van der Waals surface area contributed by atoms with Crippen molar-refractivity contribution in [1.82, 2.24) is 9.55 Å². The highest BCUT2D eigenvalue weighted by atomic mass is 16.5. The van der Waals surface area contributed by atoms with Crippen LogP contribution in [0.15, 0.2) is 78.9 Å². The second-order valence-corrected chi connectivity index (χ2v) is 6.40. The van der Waals surface area contributed by atoms with E-state index in [1.165, 1.54) is 4.57 Å². The quantitative estimate of drug-likeness (QED) is 0.367. The number of benzene rings is 3. The summed E-state index contributed by atoms with van der Waals surface area (Å²) in [6.45, 7) is 1.95. The van der Waals surface area contributed by atoms with Crippen molar-refractivity contribution in [2.45, 2.75) is 6.92 Å². The summed E-state index contributed by atoms with van der Waals surface area (Å²) in [5, 5.41) is 11.0. The Bertz CT molecular complexity index is 1180. The molecule has 0 atom stereocenters. The summed E-state index contributed by atoms with van der Waals surface area (Å²) in [6.07, 6.45) is -0.644. The Kier molecular flexibility index (Phi) is 5.43. The number of anilines is 1. The highest BCUT2D eigenvalue weighted by molar-refractivity contribution is 5.95. The van der Waals surface area contributed by atoms with Crippen LogP contribution >= 0.6 is 0 Å². The number of imidazole rings is 1. The summed E-state index contributed by atoms with van der Waals surface area (Å²) in [4.78, 5) is 16.3. The predicted molar refractivity (Wildman–Crippen MR) is 116 cm³/mol. The van der Waals surface area contributed by atoms with E-state index in [0.717, 1.165) is 11.1 Å². The average Bonchev–Trinajstić information content (AvgIpc) is 3.13. The zero-order valence-corrected chi connectivity index (χ0v) is 16.3. The van der Waals surface area contributed by atoms with Crippen molar-refractivity contribution in [1.29, 1.82) is 5.41 Å². The van der Waals surface area contributed by atoms with Gasteiger partial charge in [0, 0.05) is 0 Å². The van der Waals surface area contributed by atoms with Crippen LogP contribution in [0.25, 0.3) is 22.2 Å². The van der Waals surface area contributed by atoms with Crippen LogP contribution in [-0.2, 0) is 4.74 Å². The van der Waals surface area contributed by atoms with Crippen LogP contribution in [0, 0.1) is 5.41 Å². The Morgan fingerprint density at radius 2 is 1.63 bits per heavy atom. The topological polar surface area (TPSA) is 89.2 Å². The molecule has 7 heteroatoms. The van der Waals surface area contributed by atoms with Gasteiger partial charge in [-0.25, -0.2) is 14.3 Å². The first kappa shape index (κ1) is 19.2. The van der Waals surface area contributed by atoms with Gasteiger partial charge in [0.25, 0.3) is 0 Å². The number of carbonyl (C=O) groups excluding carboxylic acids is 1. The largest absolute Gasteiger partial charge is 0.450 e. The minimum Gasteiger partial charge on any atom is -0.450 e. The highest BCUT2D eigenvalue weighted by Gasteiger charge is 2.18. The molecule has 0 bridgehead atoms. The molecule has 0 aliphatic carbocycles. The van der Waals surface area contributed by atoms with E-state index in [9.17, 15) is 4.79 Å². The van der Waals surface area contributed by atoms with Gasteiger partial charge >= 0.3 is 12.1 Å². The standard InChI is InChI=1S/C23H20N4O3/c1-2-29-23(28)26-22-25-19-10-6-7-11-20(19)27(22)21(24)30-18-14-12-17(13-15-18)16-8-4-3-5-9-16/h3-15,24H,2H2,1H3,(H,25,26,28). The fraction of sp³-hybridized carbons (Fsp3) is 0.0870. The number of fused-ring (bicyclic) bond motifs is 1. The molecule has 1 heterocycles. The van der Waals surface area contributed by atoms with Gasteiger partial charge in [-0.3, -0.25) is 10.7 Å². The van der Waals surface area contributed by atoms with Gasteiger partial charge in [-0.05, 0) is 42.3 Å². The minimum absolute atomic E-state index is 0.153. The van der Waals surface area contributed by atoms with Crippen molar-refractivity contribution < 1.29 is 14.3 Å². The lowest BCUT2D eigenvalue weighted by Gasteiger charge is -2.12. The van der Waals surface area contributed by atoms with Crippen LogP contribution in [0.4, 0.5) is 10.7 Å². The minimum atomic E-state index is -0.644. The normalized spacial score (nSPS) is 10.6. The van der Waals surface area contributed by atoms with Gasteiger partial charge in [-0.15, -0.1) is 0 Å². The van der Waals surface area contributed by atoms with Gasteiger partial charge < -0.3 is 9.47 Å². The fourth-order valence-corrected chi connectivity index (χ4v) is 3.08. The van der Waals surface area contributed by atoms with Gasteiger partial charge in [0.15, 0.2) is 0 Å². The SMILES string of the molecule is CCOC(=O)Nc1nc2ccccc2n1C(=N)Oc1ccc(-c2ccccc2)cc1. The first-order chi connectivity index (χ1) is 14.7. The van der Waals surface area contributed by atoms with E-state index < -0.39 is 6.09 Å². The van der Waals surface area contributed by atoms with E-state index >= 15 is 0 Å². The third-order valence-corrected chi connectivity index (χ3v) is 4.43. The summed E-state index contributed by atoms with van der Waals surface area (Å²) >= 11 is 0. The molecule has 1 aromatic heterocycles. The maximum Gasteiger partial charge on any atom is 0.413 e. The molecule has 150 valence electrons. The summed E-state index contributed by atoms with van der Waals surface area (Å²) in [7, 11) is 0. The van der Waals surface area contributed by atoms with Crippen LogP contribution < -0.4 is 10.1 Å². The zero-order valence-electron chi connectivity index (χ0n) is 16.3. The van der Waals surface area contributed by atoms with Crippen LogP contribution in [0.1, 0.15) is 6.92 Å². The second kappa shape index (κ2) is 8.48. The summed E-state index contributed by atoms with van der Waals surface area (Å²) < 4.78 is 12.1. The number of para-hydroxylation sites is 2. The van der Waals surface area contributed by atoms with Crippen molar-refractivity contribution >= 4 is 29.1 Å². The number of aromatic nitrogens is 2. The van der Waals surface area contributed by atoms with Gasteiger partial charge in [-0.2, -0.15) is 0 Å². The number of rotatable bonds is 4. The van der Waals surface area contributed by atoms with Crippen LogP contribution in [-0.4, -0.2) is 28.3 Å². The van der Waals surface area contributed by atoms with Crippen molar-refractivity contribution in [2.75, 3.05) is 11.9 Å². The molecule has 4 rings (SSSR count). The Morgan fingerprint density at radius 3 is 2.37 bits per heavy atom. The molecule has 4 aromatic rings. The maximum atomic E-state index is 11.9. The summed E-state index contributed by atoms with van der Waals surface area (Å²) in [5.41, 5.74) is 3.40. The second-order valence-electron chi connectivity index (χ2n) is 6.40. The Labute approximate surface area is 173 Å². The fourth-order valence-electron chi connectivity index (χ4n) is 3.08. The summed E-state index contributed by atoms with van der Waals surface area (Å²) in [5.74, 6) is 0.653. The number of hydrogen-bond donors (Lipinski definition) is 2. The van der Waals surface area contributed by atoms with Crippen molar-refractivity contribution in [3.05, 3.63) is 78.9 Å². The van der Waals surface area contributed by atoms with E-state index in [-0.39, 0.29) is 18.6 Å². The van der Waals surface area contributed by atoms with Crippen LogP contribution in [0.3, 0.4) is 0 Å². The molecule has 0 aliphatic heterocycles. The van der Waals surface area contributed by atoms with E-state index in [4.69, 9.17) is 14.9 Å². The van der Waals surface area contributed by atoms with Crippen LogP contribution in [0.5, 0.6) is 5.75 Å². The van der Waals surface area contributed by atoms with Crippen molar-refractivity contribution in [2.24, 2.45) is 0 Å². The molecule has 0 aliphatic rings. The van der Waals surface area contributed by atoms with Gasteiger partial charge in [-0.1, -0.05) is 54.6 Å². The number of carbonyl (C=O) groups is 1. The molecule has 0 radical (unpaired) electrons. The highest BCUT2D eigenvalue weighted by Crippen LogP contribution is 2.24. The molecule has 3 aromatic carbocycles. The first-order valence-corrected chi connectivity index (χ1v) is 9.49. The van der Waals surface area contributed by atoms with Gasteiger partial charge in [0.2, 0.25) is 5.95 Å². The molecule has 0 saturated heterocycles. The number of nitrogens with zero attached hydrogens (tertiary/aromatic N) is 2. The third-order valence-electron chi connectivity index (χ3n) is 4.43. The van der Waals surface area contributed by atoms with Crippen molar-refractivity contribution in [3.63, 3.8) is 0 Å². The molecular formula is C23H20N4O3. The van der Waals surface area contributed by atoms with E-state index in [1.54, 1.807) is 31.2 Å². The van der Waals surface area contributed by atoms with E-state index in [0.29, 0.717) is 16.8 Å². The number of ether oxygens (including phenoxy) is 2. The molecule has 2 N–H and O–H groups in total. The molecule has 7 nitrogen and oxygen atoms in total. The lowest BCUT2D eigenvalue weighted by atomic mass is 10.1. The molecule has 0 saturated carbocycles. The number of hydrogen-bond acceptors (Lipinski definition) is 5. The van der Waals surface area contributed by atoms with Gasteiger partial charge in [0.05, 0.1) is 17.6 Å². The number of amides is 1. The lowest BCUT2D eigenvalue weighted by molar-refractivity contribution is 0.167. The molecule has 0 unspecified atom stereocenters. The molecule has 0 spiro atoms.